The van der Waals surface area contributed by atoms with E-state index in [0.29, 0.717) is 0 Å². The molecule has 2 nitrogen and oxygen atoms in total. The van der Waals surface area contributed by atoms with Crippen molar-refractivity contribution in [2.75, 3.05) is 0 Å². The van der Waals surface area contributed by atoms with Crippen LogP contribution in [-0.2, 0) is 10.2 Å². The fraction of sp³-hybridized carbons (Fsp3) is 0.462. The lowest BCUT2D eigenvalue weighted by atomic mass is 9.79. The third-order valence-electron chi connectivity index (χ3n) is 3.55. The zero-order chi connectivity index (χ0) is 11.1. The van der Waals surface area contributed by atoms with Gasteiger partial charge in [-0.1, -0.05) is 44.2 Å². The second kappa shape index (κ2) is 3.37. The summed E-state index contributed by atoms with van der Waals surface area (Å²) in [5.41, 5.74) is 1.21. The molecule has 1 saturated carbocycles. The summed E-state index contributed by atoms with van der Waals surface area (Å²) in [6.45, 7) is 4.27. The van der Waals surface area contributed by atoms with Crippen molar-refractivity contribution in [1.29, 1.82) is 0 Å². The number of carboxylic acid groups (broad SMARTS) is 1. The Hall–Kier alpha value is -1.31. The van der Waals surface area contributed by atoms with E-state index >= 15 is 0 Å². The molecule has 2 rings (SSSR count). The minimum Gasteiger partial charge on any atom is -0.481 e. The number of benzene rings is 1. The van der Waals surface area contributed by atoms with E-state index in [1.54, 1.807) is 0 Å². The SMILES string of the molecule is CC(C)(c1ccccc1)[C@@H]1C[C@H]1C(=O)O. The Morgan fingerprint density at radius 1 is 1.33 bits per heavy atom. The van der Waals surface area contributed by atoms with E-state index in [9.17, 15) is 4.79 Å². The van der Waals surface area contributed by atoms with Crippen LogP contribution in [0.15, 0.2) is 30.3 Å². The van der Waals surface area contributed by atoms with Gasteiger partial charge >= 0.3 is 5.97 Å². The van der Waals surface area contributed by atoms with Gasteiger partial charge in [-0.2, -0.15) is 0 Å². The van der Waals surface area contributed by atoms with Crippen LogP contribution in [0.1, 0.15) is 25.8 Å². The van der Waals surface area contributed by atoms with Crippen molar-refractivity contribution < 1.29 is 9.90 Å². The highest BCUT2D eigenvalue weighted by atomic mass is 16.4. The molecule has 1 aromatic carbocycles. The maximum absolute atomic E-state index is 10.8. The molecule has 0 unspecified atom stereocenters. The monoisotopic (exact) mass is 204 g/mol. The van der Waals surface area contributed by atoms with Crippen molar-refractivity contribution in [2.24, 2.45) is 11.8 Å². The van der Waals surface area contributed by atoms with Gasteiger partial charge in [0.2, 0.25) is 0 Å². The van der Waals surface area contributed by atoms with E-state index in [1.807, 2.05) is 18.2 Å². The van der Waals surface area contributed by atoms with Crippen LogP contribution in [0, 0.1) is 11.8 Å². The van der Waals surface area contributed by atoms with Gasteiger partial charge in [0.15, 0.2) is 0 Å². The molecule has 80 valence electrons. The van der Waals surface area contributed by atoms with Crippen molar-refractivity contribution in [3.05, 3.63) is 35.9 Å². The van der Waals surface area contributed by atoms with Gasteiger partial charge in [-0.15, -0.1) is 0 Å². The van der Waals surface area contributed by atoms with Gasteiger partial charge in [0.05, 0.1) is 5.92 Å². The average molecular weight is 204 g/mol. The highest BCUT2D eigenvalue weighted by Gasteiger charge is 2.52. The predicted molar refractivity (Wildman–Crippen MR) is 58.7 cm³/mol. The molecule has 15 heavy (non-hydrogen) atoms. The van der Waals surface area contributed by atoms with Crippen molar-refractivity contribution in [3.8, 4) is 0 Å². The lowest BCUT2D eigenvalue weighted by Gasteiger charge is -2.25. The second-order valence-electron chi connectivity index (χ2n) is 4.87. The molecule has 1 aliphatic carbocycles. The Labute approximate surface area is 89.9 Å². The summed E-state index contributed by atoms with van der Waals surface area (Å²) < 4.78 is 0. The smallest absolute Gasteiger partial charge is 0.306 e. The molecule has 2 heteroatoms. The van der Waals surface area contributed by atoms with Crippen LogP contribution in [-0.4, -0.2) is 11.1 Å². The number of rotatable bonds is 3. The lowest BCUT2D eigenvalue weighted by Crippen LogP contribution is -2.22. The number of carbonyl (C=O) groups is 1. The topological polar surface area (TPSA) is 37.3 Å². The van der Waals surface area contributed by atoms with Gasteiger partial charge in [0, 0.05) is 0 Å². The number of hydrogen-bond donors (Lipinski definition) is 1. The maximum atomic E-state index is 10.8. The summed E-state index contributed by atoms with van der Waals surface area (Å²) in [5, 5.41) is 8.93. The molecule has 1 fully saturated rings. The van der Waals surface area contributed by atoms with Gasteiger partial charge in [0.25, 0.3) is 0 Å². The van der Waals surface area contributed by atoms with Gasteiger partial charge in [-0.05, 0) is 23.3 Å². The van der Waals surface area contributed by atoms with Crippen molar-refractivity contribution in [1.82, 2.24) is 0 Å². The van der Waals surface area contributed by atoms with Crippen LogP contribution < -0.4 is 0 Å². The number of hydrogen-bond acceptors (Lipinski definition) is 1. The first kappa shape index (κ1) is 10.2. The molecule has 1 aromatic rings. The number of carboxylic acids is 1. The number of aliphatic carboxylic acids is 1. The molecular formula is C13H16O2. The van der Waals surface area contributed by atoms with E-state index in [1.165, 1.54) is 5.56 Å². The summed E-state index contributed by atoms with van der Waals surface area (Å²) in [4.78, 5) is 10.8. The molecule has 0 bridgehead atoms. The van der Waals surface area contributed by atoms with Crippen LogP contribution >= 0.6 is 0 Å². The summed E-state index contributed by atoms with van der Waals surface area (Å²) in [7, 11) is 0. The highest BCUT2D eigenvalue weighted by molar-refractivity contribution is 5.74. The van der Waals surface area contributed by atoms with Crippen molar-refractivity contribution in [2.45, 2.75) is 25.7 Å². The Balaban J connectivity index is 2.19. The van der Waals surface area contributed by atoms with Crippen molar-refractivity contribution in [3.63, 3.8) is 0 Å². The van der Waals surface area contributed by atoms with Crippen LogP contribution in [0.4, 0.5) is 0 Å². The zero-order valence-electron chi connectivity index (χ0n) is 9.10. The first-order valence-corrected chi connectivity index (χ1v) is 5.32. The normalized spacial score (nSPS) is 24.9. The third kappa shape index (κ3) is 1.76. The fourth-order valence-electron chi connectivity index (χ4n) is 2.35. The van der Waals surface area contributed by atoms with Gasteiger partial charge in [0.1, 0.15) is 0 Å². The van der Waals surface area contributed by atoms with Crippen LogP contribution in [0.5, 0.6) is 0 Å². The third-order valence-corrected chi connectivity index (χ3v) is 3.55. The molecule has 0 spiro atoms. The molecule has 0 aliphatic heterocycles. The van der Waals surface area contributed by atoms with Crippen molar-refractivity contribution >= 4 is 5.97 Å². The Morgan fingerprint density at radius 3 is 2.40 bits per heavy atom. The van der Waals surface area contributed by atoms with E-state index < -0.39 is 5.97 Å². The summed E-state index contributed by atoms with van der Waals surface area (Å²) in [5.74, 6) is -0.499. The Morgan fingerprint density at radius 2 is 1.93 bits per heavy atom. The van der Waals surface area contributed by atoms with E-state index in [0.717, 1.165) is 6.42 Å². The molecule has 1 aliphatic rings. The lowest BCUT2D eigenvalue weighted by molar-refractivity contribution is -0.139. The van der Waals surface area contributed by atoms with Gasteiger partial charge in [-0.25, -0.2) is 0 Å². The molecular weight excluding hydrogens is 188 g/mol. The first-order chi connectivity index (χ1) is 7.03. The van der Waals surface area contributed by atoms with Gasteiger partial charge < -0.3 is 5.11 Å². The molecule has 1 N–H and O–H groups in total. The second-order valence-corrected chi connectivity index (χ2v) is 4.87. The molecule has 0 radical (unpaired) electrons. The Kier molecular flexibility index (Phi) is 2.29. The summed E-state index contributed by atoms with van der Waals surface area (Å²) in [6.07, 6.45) is 0.817. The van der Waals surface area contributed by atoms with Crippen LogP contribution in [0.2, 0.25) is 0 Å². The minimum atomic E-state index is -0.649. The quantitative estimate of drug-likeness (QED) is 0.821. The van der Waals surface area contributed by atoms with E-state index in [-0.39, 0.29) is 17.3 Å². The largest absolute Gasteiger partial charge is 0.481 e. The van der Waals surface area contributed by atoms with Crippen LogP contribution in [0.3, 0.4) is 0 Å². The predicted octanol–water partition coefficient (Wildman–Crippen LogP) is 2.68. The first-order valence-electron chi connectivity index (χ1n) is 5.32. The van der Waals surface area contributed by atoms with E-state index in [2.05, 4.69) is 26.0 Å². The molecule has 0 heterocycles. The molecule has 0 saturated heterocycles. The summed E-state index contributed by atoms with van der Waals surface area (Å²) in [6, 6.07) is 10.2. The summed E-state index contributed by atoms with van der Waals surface area (Å²) >= 11 is 0. The fourth-order valence-corrected chi connectivity index (χ4v) is 2.35. The van der Waals surface area contributed by atoms with Gasteiger partial charge in [-0.3, -0.25) is 4.79 Å². The molecule has 0 amide bonds. The standard InChI is InChI=1S/C13H16O2/c1-13(2,9-6-4-3-5-7-9)11-8-10(11)12(14)15/h3-7,10-11H,8H2,1-2H3,(H,14,15)/t10-,11-/m1/s1. The minimum absolute atomic E-state index is 0.0235. The van der Waals surface area contributed by atoms with E-state index in [4.69, 9.17) is 5.11 Å². The zero-order valence-corrected chi connectivity index (χ0v) is 9.10. The maximum Gasteiger partial charge on any atom is 0.306 e. The highest BCUT2D eigenvalue weighted by Crippen LogP contribution is 2.52. The molecule has 0 aromatic heterocycles. The average Bonchev–Trinajstić information content (AvgIpc) is 2.99. The molecule has 2 atom stereocenters. The van der Waals surface area contributed by atoms with Crippen LogP contribution in [0.25, 0.3) is 0 Å². The Bertz CT molecular complexity index is 367.